The first kappa shape index (κ1) is 27.4. The van der Waals surface area contributed by atoms with E-state index < -0.39 is 22.5 Å². The van der Waals surface area contributed by atoms with Gasteiger partial charge in [0.15, 0.2) is 0 Å². The standard InChI is InChI=1S/C30H29N3O5S/c1-23-17-18-29(37-2)27(19-23)33(39(35,36)26-14-7-4-8-15-26)21-30(34)32-31-20-25-13-9-10-16-28(25)38-22-24-11-5-3-6-12-24/h3-20H,21-22H2,1-2H3,(H,32,34)/b31-20-. The van der Waals surface area contributed by atoms with Gasteiger partial charge in [0.2, 0.25) is 0 Å². The van der Waals surface area contributed by atoms with E-state index in [1.807, 2.05) is 55.5 Å². The van der Waals surface area contributed by atoms with Gasteiger partial charge in [-0.2, -0.15) is 5.10 Å². The monoisotopic (exact) mass is 543 g/mol. The van der Waals surface area contributed by atoms with Crippen LogP contribution in [0, 0.1) is 6.92 Å². The topological polar surface area (TPSA) is 97.3 Å². The average Bonchev–Trinajstić information content (AvgIpc) is 2.96. The highest BCUT2D eigenvalue weighted by Crippen LogP contribution is 2.33. The van der Waals surface area contributed by atoms with E-state index in [4.69, 9.17) is 9.47 Å². The number of rotatable bonds is 11. The molecule has 200 valence electrons. The van der Waals surface area contributed by atoms with Crippen molar-refractivity contribution in [3.05, 3.63) is 120 Å². The molecule has 0 bridgehead atoms. The number of methoxy groups -OCH3 is 1. The smallest absolute Gasteiger partial charge is 0.264 e. The molecule has 0 atom stereocenters. The molecule has 0 heterocycles. The van der Waals surface area contributed by atoms with E-state index in [1.54, 1.807) is 42.5 Å². The molecule has 39 heavy (non-hydrogen) atoms. The molecule has 0 saturated heterocycles. The number of hydrogen-bond acceptors (Lipinski definition) is 6. The molecule has 0 unspecified atom stereocenters. The number of sulfonamides is 1. The maximum Gasteiger partial charge on any atom is 0.264 e. The second kappa shape index (κ2) is 12.7. The first-order chi connectivity index (χ1) is 18.9. The average molecular weight is 544 g/mol. The van der Waals surface area contributed by atoms with E-state index in [0.29, 0.717) is 23.7 Å². The molecule has 0 aliphatic rings. The summed E-state index contributed by atoms with van der Waals surface area (Å²) in [4.78, 5) is 13.0. The van der Waals surface area contributed by atoms with Crippen molar-refractivity contribution < 1.29 is 22.7 Å². The van der Waals surface area contributed by atoms with Crippen LogP contribution in [-0.4, -0.2) is 34.2 Å². The predicted molar refractivity (Wildman–Crippen MR) is 152 cm³/mol. The molecule has 0 spiro atoms. The van der Waals surface area contributed by atoms with Crippen molar-refractivity contribution in [2.24, 2.45) is 5.10 Å². The minimum absolute atomic E-state index is 0.0503. The van der Waals surface area contributed by atoms with Crippen LogP contribution in [0.3, 0.4) is 0 Å². The third kappa shape index (κ3) is 7.03. The summed E-state index contributed by atoms with van der Waals surface area (Å²) in [6.07, 6.45) is 1.46. The van der Waals surface area contributed by atoms with E-state index >= 15 is 0 Å². The maximum absolute atomic E-state index is 13.6. The Labute approximate surface area is 228 Å². The minimum Gasteiger partial charge on any atom is -0.495 e. The Balaban J connectivity index is 1.53. The Bertz CT molecular complexity index is 1540. The van der Waals surface area contributed by atoms with Crippen molar-refractivity contribution in [1.29, 1.82) is 0 Å². The Morgan fingerprint density at radius 2 is 1.56 bits per heavy atom. The van der Waals surface area contributed by atoms with Crippen LogP contribution in [0.5, 0.6) is 11.5 Å². The summed E-state index contributed by atoms with van der Waals surface area (Å²) in [5, 5.41) is 4.06. The molecule has 4 aromatic rings. The van der Waals surface area contributed by atoms with Gasteiger partial charge in [0, 0.05) is 5.56 Å². The van der Waals surface area contributed by atoms with Gasteiger partial charge < -0.3 is 9.47 Å². The summed E-state index contributed by atoms with van der Waals surface area (Å²) >= 11 is 0. The van der Waals surface area contributed by atoms with Crippen LogP contribution in [-0.2, 0) is 21.4 Å². The molecule has 0 saturated carbocycles. The molecule has 9 heteroatoms. The summed E-state index contributed by atoms with van der Waals surface area (Å²) in [6, 6.07) is 30.1. The largest absolute Gasteiger partial charge is 0.495 e. The lowest BCUT2D eigenvalue weighted by Crippen LogP contribution is -2.39. The fourth-order valence-electron chi connectivity index (χ4n) is 3.81. The number of nitrogens with one attached hydrogen (secondary N) is 1. The number of benzene rings is 4. The third-order valence-corrected chi connectivity index (χ3v) is 7.54. The molecule has 4 rings (SSSR count). The lowest BCUT2D eigenvalue weighted by atomic mass is 10.2. The molecule has 1 N–H and O–H groups in total. The zero-order valence-corrected chi connectivity index (χ0v) is 22.5. The quantitative estimate of drug-likeness (QED) is 0.214. The second-order valence-corrected chi connectivity index (χ2v) is 10.5. The highest BCUT2D eigenvalue weighted by atomic mass is 32.2. The summed E-state index contributed by atoms with van der Waals surface area (Å²) in [6.45, 7) is 1.70. The molecule has 4 aromatic carbocycles. The lowest BCUT2D eigenvalue weighted by molar-refractivity contribution is -0.119. The zero-order valence-electron chi connectivity index (χ0n) is 21.7. The van der Waals surface area contributed by atoms with Crippen molar-refractivity contribution >= 4 is 27.8 Å². The van der Waals surface area contributed by atoms with Gasteiger partial charge >= 0.3 is 0 Å². The fourth-order valence-corrected chi connectivity index (χ4v) is 5.25. The van der Waals surface area contributed by atoms with Gasteiger partial charge in [-0.1, -0.05) is 66.7 Å². The number of amides is 1. The predicted octanol–water partition coefficient (Wildman–Crippen LogP) is 4.93. The molecule has 0 aliphatic carbocycles. The molecule has 1 amide bonds. The summed E-state index contributed by atoms with van der Waals surface area (Å²) in [5.41, 5.74) is 5.17. The Morgan fingerprint density at radius 1 is 0.897 bits per heavy atom. The number of ether oxygens (including phenoxy) is 2. The van der Waals surface area contributed by atoms with Crippen LogP contribution in [0.1, 0.15) is 16.7 Å². The van der Waals surface area contributed by atoms with Gasteiger partial charge in [-0.3, -0.25) is 9.10 Å². The van der Waals surface area contributed by atoms with E-state index in [9.17, 15) is 13.2 Å². The number of carbonyl (C=O) groups is 1. The Kier molecular flexibility index (Phi) is 8.96. The minimum atomic E-state index is -4.10. The Morgan fingerprint density at radius 3 is 2.28 bits per heavy atom. The van der Waals surface area contributed by atoms with Crippen molar-refractivity contribution in [3.8, 4) is 11.5 Å². The van der Waals surface area contributed by atoms with Crippen LogP contribution in [0.15, 0.2) is 113 Å². The lowest BCUT2D eigenvalue weighted by Gasteiger charge is -2.25. The normalized spacial score (nSPS) is 11.2. The van der Waals surface area contributed by atoms with E-state index in [2.05, 4.69) is 10.5 Å². The van der Waals surface area contributed by atoms with Gasteiger partial charge in [0.05, 0.1) is 23.9 Å². The van der Waals surface area contributed by atoms with Crippen LogP contribution >= 0.6 is 0 Å². The zero-order chi connectivity index (χ0) is 27.7. The summed E-state index contributed by atoms with van der Waals surface area (Å²) in [7, 11) is -2.65. The first-order valence-electron chi connectivity index (χ1n) is 12.2. The van der Waals surface area contributed by atoms with E-state index in [-0.39, 0.29) is 10.6 Å². The van der Waals surface area contributed by atoms with E-state index in [1.165, 1.54) is 25.5 Å². The molecule has 0 aromatic heterocycles. The first-order valence-corrected chi connectivity index (χ1v) is 13.6. The van der Waals surface area contributed by atoms with Crippen molar-refractivity contribution in [2.75, 3.05) is 18.0 Å². The van der Waals surface area contributed by atoms with Crippen molar-refractivity contribution in [2.45, 2.75) is 18.4 Å². The molecule has 0 aliphatic heterocycles. The van der Waals surface area contributed by atoms with Crippen LogP contribution in [0.2, 0.25) is 0 Å². The van der Waals surface area contributed by atoms with Gasteiger partial charge in [-0.15, -0.1) is 0 Å². The fraction of sp³-hybridized carbons (Fsp3) is 0.133. The van der Waals surface area contributed by atoms with Crippen LogP contribution < -0.4 is 19.2 Å². The highest BCUT2D eigenvalue weighted by Gasteiger charge is 2.29. The number of carbonyl (C=O) groups excluding carboxylic acids is 1. The van der Waals surface area contributed by atoms with Crippen LogP contribution in [0.25, 0.3) is 0 Å². The van der Waals surface area contributed by atoms with Crippen LogP contribution in [0.4, 0.5) is 5.69 Å². The molecular formula is C30H29N3O5S. The van der Waals surface area contributed by atoms with Gasteiger partial charge in [0.1, 0.15) is 24.7 Å². The van der Waals surface area contributed by atoms with Gasteiger partial charge in [-0.25, -0.2) is 13.8 Å². The molecule has 0 fully saturated rings. The number of nitrogens with zero attached hydrogens (tertiary/aromatic N) is 2. The molecular weight excluding hydrogens is 514 g/mol. The summed E-state index contributed by atoms with van der Waals surface area (Å²) in [5.74, 6) is 0.287. The maximum atomic E-state index is 13.6. The summed E-state index contributed by atoms with van der Waals surface area (Å²) < 4.78 is 39.6. The molecule has 8 nitrogen and oxygen atoms in total. The SMILES string of the molecule is COc1ccc(C)cc1N(CC(=O)N/N=C\c1ccccc1OCc1ccccc1)S(=O)(=O)c1ccccc1. The van der Waals surface area contributed by atoms with Crippen molar-refractivity contribution in [1.82, 2.24) is 5.43 Å². The highest BCUT2D eigenvalue weighted by molar-refractivity contribution is 7.92. The number of aryl methyl sites for hydroxylation is 1. The Hall–Kier alpha value is -4.63. The van der Waals surface area contributed by atoms with E-state index in [0.717, 1.165) is 15.4 Å². The van der Waals surface area contributed by atoms with Crippen molar-refractivity contribution in [3.63, 3.8) is 0 Å². The molecule has 0 radical (unpaired) electrons. The number of para-hydroxylation sites is 1. The number of hydrazone groups is 1. The van der Waals surface area contributed by atoms with Gasteiger partial charge in [-0.05, 0) is 54.4 Å². The number of hydrogen-bond donors (Lipinski definition) is 1. The van der Waals surface area contributed by atoms with Gasteiger partial charge in [0.25, 0.3) is 15.9 Å². The third-order valence-electron chi connectivity index (χ3n) is 5.77. The number of anilines is 1. The second-order valence-electron chi connectivity index (χ2n) is 8.61.